The zero-order valence-corrected chi connectivity index (χ0v) is 11.9. The lowest BCUT2D eigenvalue weighted by Crippen LogP contribution is -2.31. The normalized spacial score (nSPS) is 22.3. The number of carbonyl (C=O) groups is 1. The topological polar surface area (TPSA) is 47.6 Å². The molecule has 1 aliphatic heterocycles. The van der Waals surface area contributed by atoms with Crippen molar-refractivity contribution in [1.82, 2.24) is 5.32 Å². The maximum Gasteiger partial charge on any atom is 0.323 e. The molecule has 19 heavy (non-hydrogen) atoms. The molecule has 0 amide bonds. The Bertz CT molecular complexity index is 464. The van der Waals surface area contributed by atoms with Crippen molar-refractivity contribution in [2.45, 2.75) is 31.9 Å². The highest BCUT2D eigenvalue weighted by molar-refractivity contribution is 6.31. The number of hydrogen-bond acceptors (Lipinski definition) is 4. The summed E-state index contributed by atoms with van der Waals surface area (Å²) in [6, 6.07) is 5.38. The van der Waals surface area contributed by atoms with Gasteiger partial charge in [-0.3, -0.25) is 4.79 Å². The van der Waals surface area contributed by atoms with E-state index in [4.69, 9.17) is 21.1 Å². The lowest BCUT2D eigenvalue weighted by atomic mass is 10.1. The lowest BCUT2D eigenvalue weighted by molar-refractivity contribution is -0.142. The highest BCUT2D eigenvalue weighted by Gasteiger charge is 2.31. The van der Waals surface area contributed by atoms with E-state index in [1.807, 2.05) is 18.2 Å². The third-order valence-corrected chi connectivity index (χ3v) is 3.65. The van der Waals surface area contributed by atoms with Gasteiger partial charge in [-0.15, -0.1) is 0 Å². The van der Waals surface area contributed by atoms with Crippen LogP contribution in [0.5, 0.6) is 5.75 Å². The first-order valence-electron chi connectivity index (χ1n) is 6.40. The van der Waals surface area contributed by atoms with E-state index in [1.165, 1.54) is 7.11 Å². The molecule has 0 saturated carbocycles. The molecule has 0 unspecified atom stereocenters. The van der Waals surface area contributed by atoms with Crippen molar-refractivity contribution in [2.24, 2.45) is 0 Å². The minimum Gasteiger partial charge on any atom is -0.489 e. The van der Waals surface area contributed by atoms with Crippen molar-refractivity contribution in [3.8, 4) is 5.75 Å². The molecule has 1 saturated heterocycles. The van der Waals surface area contributed by atoms with Crippen molar-refractivity contribution in [3.63, 3.8) is 0 Å². The molecule has 0 bridgehead atoms. The van der Waals surface area contributed by atoms with Crippen LogP contribution in [-0.2, 0) is 16.0 Å². The Hall–Kier alpha value is -1.26. The second-order valence-electron chi connectivity index (χ2n) is 4.57. The first kappa shape index (κ1) is 14.2. The van der Waals surface area contributed by atoms with Crippen LogP contribution in [0.4, 0.5) is 0 Å². The number of carbonyl (C=O) groups excluding carboxylic acids is 1. The Morgan fingerprint density at radius 2 is 2.32 bits per heavy atom. The fourth-order valence-corrected chi connectivity index (χ4v) is 2.45. The molecule has 0 aliphatic carbocycles. The molecule has 2 atom stereocenters. The Morgan fingerprint density at radius 1 is 1.53 bits per heavy atom. The minimum atomic E-state index is -0.270. The second kappa shape index (κ2) is 6.26. The Kier molecular flexibility index (Phi) is 4.66. The van der Waals surface area contributed by atoms with E-state index in [0.717, 1.165) is 22.8 Å². The summed E-state index contributed by atoms with van der Waals surface area (Å²) in [7, 11) is 1.39. The number of ether oxygens (including phenoxy) is 2. The van der Waals surface area contributed by atoms with Gasteiger partial charge in [-0.25, -0.2) is 0 Å². The van der Waals surface area contributed by atoms with Gasteiger partial charge in [-0.1, -0.05) is 18.5 Å². The number of aryl methyl sites for hydroxylation is 1. The average molecular weight is 284 g/mol. The van der Waals surface area contributed by atoms with Crippen molar-refractivity contribution in [2.75, 3.05) is 13.7 Å². The van der Waals surface area contributed by atoms with Gasteiger partial charge in [0.25, 0.3) is 0 Å². The quantitative estimate of drug-likeness (QED) is 0.861. The Balaban J connectivity index is 1.97. The number of hydrogen-bond donors (Lipinski definition) is 1. The van der Waals surface area contributed by atoms with E-state index in [1.54, 1.807) is 0 Å². The molecule has 5 heteroatoms. The summed E-state index contributed by atoms with van der Waals surface area (Å²) in [5, 5.41) is 3.85. The number of halogens is 1. The van der Waals surface area contributed by atoms with Crippen LogP contribution < -0.4 is 10.1 Å². The monoisotopic (exact) mass is 283 g/mol. The molecular formula is C14H18ClNO3. The Morgan fingerprint density at radius 3 is 3.00 bits per heavy atom. The van der Waals surface area contributed by atoms with Gasteiger partial charge >= 0.3 is 5.97 Å². The van der Waals surface area contributed by atoms with Crippen LogP contribution in [0.15, 0.2) is 18.2 Å². The predicted octanol–water partition coefficient (Wildman–Crippen LogP) is 2.18. The number of benzene rings is 1. The van der Waals surface area contributed by atoms with E-state index in [0.29, 0.717) is 13.0 Å². The van der Waals surface area contributed by atoms with Gasteiger partial charge in [-0.2, -0.15) is 0 Å². The molecule has 1 heterocycles. The summed E-state index contributed by atoms with van der Waals surface area (Å²) >= 11 is 6.07. The van der Waals surface area contributed by atoms with Gasteiger partial charge in [0.05, 0.1) is 7.11 Å². The highest BCUT2D eigenvalue weighted by Crippen LogP contribution is 2.24. The molecule has 104 valence electrons. The van der Waals surface area contributed by atoms with E-state index in [-0.39, 0.29) is 18.1 Å². The fraction of sp³-hybridized carbons (Fsp3) is 0.500. The molecule has 1 fully saturated rings. The first-order chi connectivity index (χ1) is 9.13. The fourth-order valence-electron chi connectivity index (χ4n) is 2.20. The summed E-state index contributed by atoms with van der Waals surface area (Å²) in [6.07, 6.45) is 1.47. The molecule has 1 aromatic rings. The van der Waals surface area contributed by atoms with Crippen molar-refractivity contribution >= 4 is 17.6 Å². The molecule has 2 rings (SSSR count). The minimum absolute atomic E-state index is 0.0185. The summed E-state index contributed by atoms with van der Waals surface area (Å²) in [6.45, 7) is 2.69. The smallest absolute Gasteiger partial charge is 0.323 e. The number of rotatable bonds is 4. The van der Waals surface area contributed by atoms with Crippen molar-refractivity contribution < 1.29 is 14.3 Å². The largest absolute Gasteiger partial charge is 0.489 e. The molecule has 1 aliphatic rings. The SMILES string of the molecule is CCc1cc(O[C@@H]2CN[C@H](C(=O)OC)C2)ccc1Cl. The molecular weight excluding hydrogens is 266 g/mol. The zero-order chi connectivity index (χ0) is 13.8. The number of esters is 1. The van der Waals surface area contributed by atoms with Crippen LogP contribution in [0.2, 0.25) is 5.02 Å². The molecule has 1 N–H and O–H groups in total. The van der Waals surface area contributed by atoms with Crippen molar-refractivity contribution in [1.29, 1.82) is 0 Å². The van der Waals surface area contributed by atoms with Gasteiger partial charge in [-0.05, 0) is 30.2 Å². The van der Waals surface area contributed by atoms with Crippen LogP contribution in [0.1, 0.15) is 18.9 Å². The summed E-state index contributed by atoms with van der Waals surface area (Å²) in [5.41, 5.74) is 1.06. The van der Waals surface area contributed by atoms with Gasteiger partial charge in [0.15, 0.2) is 0 Å². The van der Waals surface area contributed by atoms with E-state index in [2.05, 4.69) is 12.2 Å². The highest BCUT2D eigenvalue weighted by atomic mass is 35.5. The van der Waals surface area contributed by atoms with E-state index in [9.17, 15) is 4.79 Å². The lowest BCUT2D eigenvalue weighted by Gasteiger charge is -2.14. The van der Waals surface area contributed by atoms with Gasteiger partial charge in [0, 0.05) is 18.0 Å². The van der Waals surface area contributed by atoms with Crippen LogP contribution >= 0.6 is 11.6 Å². The first-order valence-corrected chi connectivity index (χ1v) is 6.78. The molecule has 4 nitrogen and oxygen atoms in total. The van der Waals surface area contributed by atoms with Crippen molar-refractivity contribution in [3.05, 3.63) is 28.8 Å². The zero-order valence-electron chi connectivity index (χ0n) is 11.1. The maximum atomic E-state index is 11.4. The molecule has 0 spiro atoms. The van der Waals surface area contributed by atoms with Gasteiger partial charge < -0.3 is 14.8 Å². The van der Waals surface area contributed by atoms with Crippen LogP contribution in [-0.4, -0.2) is 31.8 Å². The summed E-state index contributed by atoms with van der Waals surface area (Å²) < 4.78 is 10.6. The average Bonchev–Trinajstić information content (AvgIpc) is 2.88. The van der Waals surface area contributed by atoms with E-state index < -0.39 is 0 Å². The standard InChI is InChI=1S/C14H18ClNO3/c1-3-9-6-10(4-5-12(9)15)19-11-7-13(16-8-11)14(17)18-2/h4-6,11,13,16H,3,7-8H2,1-2H3/t11-,13-/m0/s1. The number of methoxy groups -OCH3 is 1. The summed E-state index contributed by atoms with van der Waals surface area (Å²) in [4.78, 5) is 11.4. The predicted molar refractivity (Wildman–Crippen MR) is 73.7 cm³/mol. The summed E-state index contributed by atoms with van der Waals surface area (Å²) in [5.74, 6) is 0.551. The van der Waals surface area contributed by atoms with Gasteiger partial charge in [0.2, 0.25) is 0 Å². The van der Waals surface area contributed by atoms with Crippen LogP contribution in [0.25, 0.3) is 0 Å². The third-order valence-electron chi connectivity index (χ3n) is 3.28. The molecule has 1 aromatic carbocycles. The third kappa shape index (κ3) is 3.39. The van der Waals surface area contributed by atoms with Crippen LogP contribution in [0.3, 0.4) is 0 Å². The second-order valence-corrected chi connectivity index (χ2v) is 4.97. The van der Waals surface area contributed by atoms with Crippen LogP contribution in [0, 0.1) is 0 Å². The molecule has 0 aromatic heterocycles. The van der Waals surface area contributed by atoms with Gasteiger partial charge in [0.1, 0.15) is 17.9 Å². The maximum absolute atomic E-state index is 11.4. The Labute approximate surface area is 118 Å². The molecule has 0 radical (unpaired) electrons. The number of nitrogens with one attached hydrogen (secondary N) is 1. The van der Waals surface area contributed by atoms with E-state index >= 15 is 0 Å².